The van der Waals surface area contributed by atoms with Crippen molar-refractivity contribution in [1.82, 2.24) is 0 Å². The number of aliphatic hydroxyl groups is 1. The summed E-state index contributed by atoms with van der Waals surface area (Å²) in [6.45, 7) is 2.13. The summed E-state index contributed by atoms with van der Waals surface area (Å²) in [5.74, 6) is -0.417. The number of hydrogen-bond donors (Lipinski definition) is 1. The third-order valence-electron chi connectivity index (χ3n) is 5.49. The molecule has 7 nitrogen and oxygen atoms in total. The molecule has 5 atom stereocenters. The van der Waals surface area contributed by atoms with Crippen LogP contribution >= 0.6 is 0 Å². The Labute approximate surface area is 167 Å². The summed E-state index contributed by atoms with van der Waals surface area (Å²) in [7, 11) is 1.39. The number of ether oxygens (including phenoxy) is 4. The van der Waals surface area contributed by atoms with Gasteiger partial charge in [-0.15, -0.1) is 0 Å². The van der Waals surface area contributed by atoms with Gasteiger partial charge in [-0.05, 0) is 44.9 Å². The molecule has 28 heavy (non-hydrogen) atoms. The number of aliphatic hydroxyl groups excluding tert-OH is 1. The van der Waals surface area contributed by atoms with E-state index in [0.717, 1.165) is 44.9 Å². The van der Waals surface area contributed by atoms with Gasteiger partial charge in [-0.1, -0.05) is 12.2 Å². The summed E-state index contributed by atoms with van der Waals surface area (Å²) < 4.78 is 22.1. The molecule has 1 N–H and O–H groups in total. The van der Waals surface area contributed by atoms with Crippen LogP contribution in [0.15, 0.2) is 12.2 Å². The standard InChI is InChI=1S/C21H34O7/c1-15(23)27-18-11-12-19(28-21-16(14-22)8-7-13-26-21)17(18)9-5-3-4-6-10-20(24)25-2/h3,5,16-19,21-22H,4,6-14H2,1-2H3/t16-,17?,18+,19?,21+/m1/s1. The van der Waals surface area contributed by atoms with Crippen molar-refractivity contribution in [3.63, 3.8) is 0 Å². The van der Waals surface area contributed by atoms with E-state index in [-0.39, 0.29) is 42.6 Å². The number of allylic oxidation sites excluding steroid dienone is 2. The quantitative estimate of drug-likeness (QED) is 0.344. The Kier molecular flexibility index (Phi) is 9.95. The summed E-state index contributed by atoms with van der Waals surface area (Å²) in [4.78, 5) is 22.6. The van der Waals surface area contributed by atoms with E-state index >= 15 is 0 Å². The van der Waals surface area contributed by atoms with Gasteiger partial charge in [-0.3, -0.25) is 9.59 Å². The molecule has 0 bridgehead atoms. The average molecular weight is 398 g/mol. The van der Waals surface area contributed by atoms with E-state index in [1.807, 2.05) is 0 Å². The van der Waals surface area contributed by atoms with Crippen molar-refractivity contribution in [2.45, 2.75) is 76.8 Å². The van der Waals surface area contributed by atoms with E-state index < -0.39 is 6.29 Å². The van der Waals surface area contributed by atoms with Gasteiger partial charge in [0.1, 0.15) is 6.10 Å². The maximum atomic E-state index is 11.5. The molecule has 2 rings (SSSR count). The SMILES string of the molecule is COC(=O)CCCC=CCC1C(O[C@@H]2OCCC[C@@H]2CO)CC[C@@H]1OC(C)=O. The highest BCUT2D eigenvalue weighted by Crippen LogP contribution is 2.36. The maximum absolute atomic E-state index is 11.5. The molecule has 1 heterocycles. The van der Waals surface area contributed by atoms with Crippen LogP contribution in [0.1, 0.15) is 58.3 Å². The van der Waals surface area contributed by atoms with Crippen molar-refractivity contribution in [2.24, 2.45) is 11.8 Å². The van der Waals surface area contributed by atoms with Crippen molar-refractivity contribution >= 4 is 11.9 Å². The molecule has 0 amide bonds. The molecule has 0 spiro atoms. The lowest BCUT2D eigenvalue weighted by Crippen LogP contribution is -2.39. The predicted molar refractivity (Wildman–Crippen MR) is 102 cm³/mol. The minimum absolute atomic E-state index is 0.00367. The second-order valence-corrected chi connectivity index (χ2v) is 7.56. The van der Waals surface area contributed by atoms with Gasteiger partial charge >= 0.3 is 11.9 Å². The molecule has 7 heteroatoms. The van der Waals surface area contributed by atoms with E-state index in [0.29, 0.717) is 13.0 Å². The molecule has 2 fully saturated rings. The van der Waals surface area contributed by atoms with Crippen molar-refractivity contribution < 1.29 is 33.6 Å². The minimum Gasteiger partial charge on any atom is -0.469 e. The molecule has 0 radical (unpaired) electrons. The first-order valence-corrected chi connectivity index (χ1v) is 10.3. The summed E-state index contributed by atoms with van der Waals surface area (Å²) in [6, 6.07) is 0. The van der Waals surface area contributed by atoms with E-state index in [1.165, 1.54) is 14.0 Å². The summed E-state index contributed by atoms with van der Waals surface area (Å²) >= 11 is 0. The largest absolute Gasteiger partial charge is 0.469 e. The zero-order chi connectivity index (χ0) is 20.4. The fraction of sp³-hybridized carbons (Fsp3) is 0.810. The third-order valence-corrected chi connectivity index (χ3v) is 5.49. The number of rotatable bonds is 10. The lowest BCUT2D eigenvalue weighted by Gasteiger charge is -2.34. The van der Waals surface area contributed by atoms with Crippen LogP contribution < -0.4 is 0 Å². The smallest absolute Gasteiger partial charge is 0.305 e. The van der Waals surface area contributed by atoms with Crippen molar-refractivity contribution in [1.29, 1.82) is 0 Å². The molecule has 1 aliphatic heterocycles. The number of hydrogen-bond acceptors (Lipinski definition) is 7. The third kappa shape index (κ3) is 7.18. The Morgan fingerprint density at radius 1 is 1.18 bits per heavy atom. The molecular formula is C21H34O7. The summed E-state index contributed by atoms with van der Waals surface area (Å²) in [5.41, 5.74) is 0. The highest BCUT2D eigenvalue weighted by atomic mass is 16.7. The fourth-order valence-corrected chi connectivity index (χ4v) is 3.98. The van der Waals surface area contributed by atoms with Gasteiger partial charge in [-0.2, -0.15) is 0 Å². The molecule has 1 saturated carbocycles. The second kappa shape index (κ2) is 12.2. The minimum atomic E-state index is -0.397. The zero-order valence-electron chi connectivity index (χ0n) is 17.0. The van der Waals surface area contributed by atoms with Crippen molar-refractivity contribution in [2.75, 3.05) is 20.3 Å². The van der Waals surface area contributed by atoms with Gasteiger partial charge in [0, 0.05) is 31.8 Å². The van der Waals surface area contributed by atoms with Gasteiger partial charge in [0.2, 0.25) is 0 Å². The van der Waals surface area contributed by atoms with Gasteiger partial charge in [-0.25, -0.2) is 0 Å². The van der Waals surface area contributed by atoms with Crippen molar-refractivity contribution in [3.8, 4) is 0 Å². The van der Waals surface area contributed by atoms with Crippen LogP contribution in [0.4, 0.5) is 0 Å². The first kappa shape index (κ1) is 22.8. The van der Waals surface area contributed by atoms with Gasteiger partial charge in [0.25, 0.3) is 0 Å². The normalized spacial score (nSPS) is 30.5. The Bertz CT molecular complexity index is 519. The van der Waals surface area contributed by atoms with E-state index in [4.69, 9.17) is 14.2 Å². The van der Waals surface area contributed by atoms with Crippen molar-refractivity contribution in [3.05, 3.63) is 12.2 Å². The number of unbranched alkanes of at least 4 members (excludes halogenated alkanes) is 1. The molecule has 2 aliphatic rings. The van der Waals surface area contributed by atoms with E-state index in [9.17, 15) is 14.7 Å². The number of esters is 2. The number of carbonyl (C=O) groups is 2. The zero-order valence-corrected chi connectivity index (χ0v) is 17.0. The Morgan fingerprint density at radius 3 is 2.68 bits per heavy atom. The second-order valence-electron chi connectivity index (χ2n) is 7.56. The average Bonchev–Trinajstić information content (AvgIpc) is 3.05. The molecule has 0 aromatic carbocycles. The lowest BCUT2D eigenvalue weighted by molar-refractivity contribution is -0.228. The van der Waals surface area contributed by atoms with Crippen LogP contribution in [0.3, 0.4) is 0 Å². The molecule has 160 valence electrons. The Balaban J connectivity index is 1.89. The monoisotopic (exact) mass is 398 g/mol. The van der Waals surface area contributed by atoms with Crippen LogP contribution in [0, 0.1) is 11.8 Å². The van der Waals surface area contributed by atoms with Crippen LogP contribution in [0.25, 0.3) is 0 Å². The first-order valence-electron chi connectivity index (χ1n) is 10.3. The fourth-order valence-electron chi connectivity index (χ4n) is 3.98. The first-order chi connectivity index (χ1) is 13.5. The molecule has 0 aromatic heterocycles. The molecule has 1 aliphatic carbocycles. The predicted octanol–water partition coefficient (Wildman–Crippen LogP) is 2.75. The molecule has 2 unspecified atom stereocenters. The van der Waals surface area contributed by atoms with Crippen LogP contribution in [0.5, 0.6) is 0 Å². The summed E-state index contributed by atoms with van der Waals surface area (Å²) in [5, 5.41) is 9.58. The maximum Gasteiger partial charge on any atom is 0.305 e. The van der Waals surface area contributed by atoms with Gasteiger partial charge in [0.05, 0.1) is 19.8 Å². The van der Waals surface area contributed by atoms with Gasteiger partial charge < -0.3 is 24.1 Å². The number of methoxy groups -OCH3 is 1. The van der Waals surface area contributed by atoms with Crippen LogP contribution in [-0.2, 0) is 28.5 Å². The van der Waals surface area contributed by atoms with Crippen LogP contribution in [0.2, 0.25) is 0 Å². The molecule has 1 saturated heterocycles. The van der Waals surface area contributed by atoms with Crippen LogP contribution in [-0.4, -0.2) is 55.9 Å². The summed E-state index contributed by atoms with van der Waals surface area (Å²) in [6.07, 6.45) is 9.58. The number of carbonyl (C=O) groups excluding carboxylic acids is 2. The van der Waals surface area contributed by atoms with E-state index in [2.05, 4.69) is 16.9 Å². The highest BCUT2D eigenvalue weighted by molar-refractivity contribution is 5.69. The highest BCUT2D eigenvalue weighted by Gasteiger charge is 2.41. The lowest BCUT2D eigenvalue weighted by atomic mass is 9.97. The molecule has 0 aromatic rings. The van der Waals surface area contributed by atoms with E-state index in [1.54, 1.807) is 0 Å². The van der Waals surface area contributed by atoms with Gasteiger partial charge in [0.15, 0.2) is 6.29 Å². The topological polar surface area (TPSA) is 91.3 Å². The Hall–Kier alpha value is -1.44. The Morgan fingerprint density at radius 2 is 1.96 bits per heavy atom. The molecular weight excluding hydrogens is 364 g/mol.